The lowest BCUT2D eigenvalue weighted by Crippen LogP contribution is -2.25. The maximum Gasteiger partial charge on any atom is 0.395 e. The molecule has 0 bridgehead atoms. The van der Waals surface area contributed by atoms with Gasteiger partial charge in [0.2, 0.25) is 0 Å². The van der Waals surface area contributed by atoms with Crippen LogP contribution in [-0.2, 0) is 0 Å². The molecule has 0 saturated heterocycles. The van der Waals surface area contributed by atoms with Crippen molar-refractivity contribution in [2.45, 2.75) is 18.5 Å². The Hall–Kier alpha value is -1.17. The van der Waals surface area contributed by atoms with E-state index < -0.39 is 29.3 Å². The maximum absolute atomic E-state index is 13.3. The van der Waals surface area contributed by atoms with Gasteiger partial charge in [0.25, 0.3) is 0 Å². The Bertz CT molecular complexity index is 375. The first-order valence-electron chi connectivity index (χ1n) is 5.02. The van der Waals surface area contributed by atoms with Crippen LogP contribution in [0.1, 0.15) is 17.9 Å². The summed E-state index contributed by atoms with van der Waals surface area (Å²) >= 11 is 0. The van der Waals surface area contributed by atoms with Crippen molar-refractivity contribution in [1.82, 2.24) is 5.32 Å². The van der Waals surface area contributed by atoms with Gasteiger partial charge in [-0.25, -0.2) is 8.78 Å². The van der Waals surface area contributed by atoms with Gasteiger partial charge in [0.15, 0.2) is 0 Å². The quantitative estimate of drug-likeness (QED) is 0.812. The van der Waals surface area contributed by atoms with Crippen molar-refractivity contribution < 1.29 is 22.0 Å². The minimum atomic E-state index is -4.55. The minimum Gasteiger partial charge on any atom is -0.320 e. The van der Waals surface area contributed by atoms with E-state index in [9.17, 15) is 22.0 Å². The molecule has 0 saturated carbocycles. The molecule has 0 aliphatic carbocycles. The largest absolute Gasteiger partial charge is 0.395 e. The van der Waals surface area contributed by atoms with Crippen molar-refractivity contribution in [3.05, 3.63) is 35.4 Å². The van der Waals surface area contributed by atoms with E-state index in [2.05, 4.69) is 5.32 Å². The zero-order valence-electron chi connectivity index (χ0n) is 9.11. The zero-order chi connectivity index (χ0) is 13.1. The molecular formula is C11H12F5N. The average molecular weight is 253 g/mol. The molecule has 1 aromatic carbocycles. The van der Waals surface area contributed by atoms with E-state index in [0.29, 0.717) is 6.07 Å². The third-order valence-electron chi connectivity index (χ3n) is 2.42. The van der Waals surface area contributed by atoms with Gasteiger partial charge >= 0.3 is 6.18 Å². The lowest BCUT2D eigenvalue weighted by molar-refractivity contribution is -0.152. The Morgan fingerprint density at radius 1 is 1.24 bits per heavy atom. The molecule has 6 heteroatoms. The topological polar surface area (TPSA) is 12.0 Å². The van der Waals surface area contributed by atoms with Crippen LogP contribution >= 0.6 is 0 Å². The second kappa shape index (κ2) is 5.44. The summed E-state index contributed by atoms with van der Waals surface area (Å²) in [6.45, 7) is 0.0982. The molecule has 0 aliphatic rings. The van der Waals surface area contributed by atoms with Gasteiger partial charge in [-0.2, -0.15) is 13.2 Å². The molecule has 0 aliphatic heterocycles. The molecular weight excluding hydrogens is 241 g/mol. The van der Waals surface area contributed by atoms with Gasteiger partial charge in [-0.3, -0.25) is 0 Å². The fourth-order valence-corrected chi connectivity index (χ4v) is 1.57. The van der Waals surface area contributed by atoms with Gasteiger partial charge in [-0.05, 0) is 26.1 Å². The number of hydrogen-bond acceptors (Lipinski definition) is 1. The summed E-state index contributed by atoms with van der Waals surface area (Å²) in [4.78, 5) is 0. The summed E-state index contributed by atoms with van der Waals surface area (Å²) in [5.74, 6) is -3.97. The van der Waals surface area contributed by atoms with E-state index in [1.54, 1.807) is 0 Å². The van der Waals surface area contributed by atoms with Crippen LogP contribution in [0.4, 0.5) is 22.0 Å². The fraction of sp³-hybridized carbons (Fsp3) is 0.455. The van der Waals surface area contributed by atoms with Crippen LogP contribution in [-0.4, -0.2) is 19.8 Å². The average Bonchev–Trinajstić information content (AvgIpc) is 2.19. The lowest BCUT2D eigenvalue weighted by Gasteiger charge is -2.21. The molecule has 96 valence electrons. The van der Waals surface area contributed by atoms with E-state index in [-0.39, 0.29) is 13.0 Å². The van der Waals surface area contributed by atoms with E-state index in [0.717, 1.165) is 12.1 Å². The first kappa shape index (κ1) is 13.9. The number of benzene rings is 1. The molecule has 17 heavy (non-hydrogen) atoms. The number of rotatable bonds is 4. The summed E-state index contributed by atoms with van der Waals surface area (Å²) < 4.78 is 64.1. The highest BCUT2D eigenvalue weighted by Crippen LogP contribution is 2.38. The second-order valence-corrected chi connectivity index (χ2v) is 3.65. The molecule has 0 radical (unpaired) electrons. The van der Waals surface area contributed by atoms with Gasteiger partial charge < -0.3 is 5.32 Å². The van der Waals surface area contributed by atoms with Crippen LogP contribution in [0.25, 0.3) is 0 Å². The van der Waals surface area contributed by atoms with Crippen molar-refractivity contribution in [1.29, 1.82) is 0 Å². The zero-order valence-corrected chi connectivity index (χ0v) is 9.11. The first-order chi connectivity index (χ1) is 7.86. The smallest absolute Gasteiger partial charge is 0.320 e. The number of hydrogen-bond donors (Lipinski definition) is 1. The number of alkyl halides is 3. The summed E-state index contributed by atoms with van der Waals surface area (Å²) in [7, 11) is 1.51. The summed E-state index contributed by atoms with van der Waals surface area (Å²) in [6.07, 6.45) is -4.84. The third-order valence-corrected chi connectivity index (χ3v) is 2.42. The van der Waals surface area contributed by atoms with Crippen LogP contribution in [0.3, 0.4) is 0 Å². The molecule has 1 N–H and O–H groups in total. The third kappa shape index (κ3) is 3.66. The highest BCUT2D eigenvalue weighted by molar-refractivity contribution is 5.24. The van der Waals surface area contributed by atoms with E-state index >= 15 is 0 Å². The molecule has 0 aromatic heterocycles. The van der Waals surface area contributed by atoms with Crippen molar-refractivity contribution in [3.8, 4) is 0 Å². The predicted octanol–water partition coefficient (Wildman–Crippen LogP) is 3.22. The molecule has 1 nitrogen and oxygen atoms in total. The van der Waals surface area contributed by atoms with Crippen LogP contribution in [0.15, 0.2) is 18.2 Å². The Kier molecular flexibility index (Phi) is 4.45. The van der Waals surface area contributed by atoms with Gasteiger partial charge in [-0.1, -0.05) is 6.07 Å². The Morgan fingerprint density at radius 3 is 2.35 bits per heavy atom. The predicted molar refractivity (Wildman–Crippen MR) is 53.7 cm³/mol. The Balaban J connectivity index is 3.04. The molecule has 1 unspecified atom stereocenters. The fourth-order valence-electron chi connectivity index (χ4n) is 1.57. The van der Waals surface area contributed by atoms with Crippen LogP contribution in [0, 0.1) is 11.6 Å². The SMILES string of the molecule is CNCCC(c1ccc(F)cc1F)C(F)(F)F. The normalized spacial score (nSPS) is 13.8. The molecule has 1 aromatic rings. The van der Waals surface area contributed by atoms with Gasteiger partial charge in [-0.15, -0.1) is 0 Å². The maximum atomic E-state index is 13.3. The first-order valence-corrected chi connectivity index (χ1v) is 5.02. The molecule has 1 rings (SSSR count). The standard InChI is InChI=1S/C11H12F5N/c1-17-5-4-9(11(14,15)16)8-3-2-7(12)6-10(8)13/h2-3,6,9,17H,4-5H2,1H3. The van der Waals surface area contributed by atoms with Gasteiger partial charge in [0.1, 0.15) is 11.6 Å². The van der Waals surface area contributed by atoms with Gasteiger partial charge in [0.05, 0.1) is 5.92 Å². The molecule has 1 atom stereocenters. The number of nitrogens with one attached hydrogen (secondary N) is 1. The molecule has 0 heterocycles. The van der Waals surface area contributed by atoms with Crippen molar-refractivity contribution in [2.24, 2.45) is 0 Å². The van der Waals surface area contributed by atoms with E-state index in [1.807, 2.05) is 0 Å². The summed E-state index contributed by atoms with van der Waals surface area (Å²) in [5, 5.41) is 2.57. The van der Waals surface area contributed by atoms with Gasteiger partial charge in [0, 0.05) is 11.6 Å². The highest BCUT2D eigenvalue weighted by Gasteiger charge is 2.41. The summed E-state index contributed by atoms with van der Waals surface area (Å²) in [6, 6.07) is 2.14. The minimum absolute atomic E-state index is 0.0982. The monoisotopic (exact) mass is 253 g/mol. The van der Waals surface area contributed by atoms with Crippen LogP contribution in [0.5, 0.6) is 0 Å². The Labute approximate surface area is 95.6 Å². The Morgan fingerprint density at radius 2 is 1.88 bits per heavy atom. The van der Waals surface area contributed by atoms with E-state index in [1.165, 1.54) is 7.05 Å². The second-order valence-electron chi connectivity index (χ2n) is 3.65. The van der Waals surface area contributed by atoms with Crippen molar-refractivity contribution in [2.75, 3.05) is 13.6 Å². The highest BCUT2D eigenvalue weighted by atomic mass is 19.4. The van der Waals surface area contributed by atoms with Crippen LogP contribution in [0.2, 0.25) is 0 Å². The van der Waals surface area contributed by atoms with Crippen molar-refractivity contribution >= 4 is 0 Å². The number of halogens is 5. The van der Waals surface area contributed by atoms with Crippen LogP contribution < -0.4 is 5.32 Å². The molecule has 0 amide bonds. The van der Waals surface area contributed by atoms with Crippen molar-refractivity contribution in [3.63, 3.8) is 0 Å². The lowest BCUT2D eigenvalue weighted by atomic mass is 9.94. The molecule has 0 spiro atoms. The van der Waals surface area contributed by atoms with E-state index in [4.69, 9.17) is 0 Å². The summed E-state index contributed by atoms with van der Waals surface area (Å²) in [5.41, 5.74) is -0.519. The molecule has 0 fully saturated rings.